The van der Waals surface area contributed by atoms with Gasteiger partial charge in [0.15, 0.2) is 0 Å². The molecule has 18 heavy (non-hydrogen) atoms. The minimum absolute atomic E-state index is 0.257. The molecule has 0 radical (unpaired) electrons. The molecule has 0 aliphatic carbocycles. The van der Waals surface area contributed by atoms with Crippen LogP contribution in [0.15, 0.2) is 0 Å². The van der Waals surface area contributed by atoms with Crippen LogP contribution in [0.5, 0.6) is 0 Å². The monoisotopic (exact) mass is 256 g/mol. The third-order valence-electron chi connectivity index (χ3n) is 3.75. The standard InChI is InChI=1S/C15H32N2O/c1-13-14(9-12-18-13)17(5)11-8-6-7-10-16-15(2,3)4/h13-14,16H,6-12H2,1-5H3. The number of hydrogen-bond donors (Lipinski definition) is 1. The van der Waals surface area contributed by atoms with Gasteiger partial charge in [0.2, 0.25) is 0 Å². The first-order chi connectivity index (χ1) is 8.40. The van der Waals surface area contributed by atoms with E-state index in [1.807, 2.05) is 0 Å². The molecule has 0 saturated carbocycles. The summed E-state index contributed by atoms with van der Waals surface area (Å²) in [5, 5.41) is 3.54. The van der Waals surface area contributed by atoms with Crippen LogP contribution < -0.4 is 5.32 Å². The molecular formula is C15H32N2O. The number of nitrogens with zero attached hydrogens (tertiary/aromatic N) is 1. The summed E-state index contributed by atoms with van der Waals surface area (Å²) in [6, 6.07) is 0.637. The van der Waals surface area contributed by atoms with Gasteiger partial charge in [-0.25, -0.2) is 0 Å². The molecule has 0 aromatic heterocycles. The van der Waals surface area contributed by atoms with E-state index in [2.05, 4.69) is 45.0 Å². The van der Waals surface area contributed by atoms with E-state index in [1.165, 1.54) is 32.2 Å². The highest BCUT2D eigenvalue weighted by Gasteiger charge is 2.27. The lowest BCUT2D eigenvalue weighted by Crippen LogP contribution is -2.37. The van der Waals surface area contributed by atoms with Crippen LogP contribution in [0, 0.1) is 0 Å². The molecule has 1 rings (SSSR count). The van der Waals surface area contributed by atoms with E-state index < -0.39 is 0 Å². The summed E-state index contributed by atoms with van der Waals surface area (Å²) < 4.78 is 5.62. The largest absolute Gasteiger partial charge is 0.377 e. The lowest BCUT2D eigenvalue weighted by atomic mass is 10.1. The highest BCUT2D eigenvalue weighted by Crippen LogP contribution is 2.18. The van der Waals surface area contributed by atoms with Crippen LogP contribution in [-0.4, -0.2) is 49.3 Å². The predicted molar refractivity (Wildman–Crippen MR) is 78.1 cm³/mol. The zero-order valence-corrected chi connectivity index (χ0v) is 13.0. The lowest BCUT2D eigenvalue weighted by Gasteiger charge is -2.26. The van der Waals surface area contributed by atoms with Gasteiger partial charge in [0, 0.05) is 18.2 Å². The van der Waals surface area contributed by atoms with E-state index >= 15 is 0 Å². The number of ether oxygens (including phenoxy) is 1. The number of likely N-dealkylation sites (N-methyl/N-ethyl adjacent to an activating group) is 1. The first-order valence-corrected chi connectivity index (χ1v) is 7.47. The Balaban J connectivity index is 2.00. The van der Waals surface area contributed by atoms with Crippen molar-refractivity contribution in [1.29, 1.82) is 0 Å². The summed E-state index contributed by atoms with van der Waals surface area (Å²) in [5.74, 6) is 0. The fraction of sp³-hybridized carbons (Fsp3) is 1.00. The van der Waals surface area contributed by atoms with Gasteiger partial charge in [-0.05, 0) is 67.1 Å². The number of nitrogens with one attached hydrogen (secondary N) is 1. The second-order valence-corrected chi connectivity index (χ2v) is 6.65. The van der Waals surface area contributed by atoms with Crippen molar-refractivity contribution in [1.82, 2.24) is 10.2 Å². The van der Waals surface area contributed by atoms with Gasteiger partial charge in [-0.1, -0.05) is 6.42 Å². The van der Waals surface area contributed by atoms with Crippen LogP contribution in [0.2, 0.25) is 0 Å². The summed E-state index contributed by atoms with van der Waals surface area (Å²) in [7, 11) is 2.24. The lowest BCUT2D eigenvalue weighted by molar-refractivity contribution is 0.0831. The molecule has 1 heterocycles. The molecule has 0 spiro atoms. The summed E-state index contributed by atoms with van der Waals surface area (Å²) in [6.07, 6.45) is 5.50. The van der Waals surface area contributed by atoms with Crippen molar-refractivity contribution < 1.29 is 4.74 Å². The third-order valence-corrected chi connectivity index (χ3v) is 3.75. The van der Waals surface area contributed by atoms with Crippen molar-refractivity contribution in [3.8, 4) is 0 Å². The van der Waals surface area contributed by atoms with Gasteiger partial charge in [0.05, 0.1) is 6.10 Å². The molecule has 0 aromatic rings. The smallest absolute Gasteiger partial charge is 0.0702 e. The zero-order chi connectivity index (χ0) is 13.6. The minimum Gasteiger partial charge on any atom is -0.377 e. The molecule has 0 bridgehead atoms. The molecule has 0 amide bonds. The van der Waals surface area contributed by atoms with E-state index in [0.29, 0.717) is 12.1 Å². The Morgan fingerprint density at radius 1 is 1.22 bits per heavy atom. The number of rotatable bonds is 7. The maximum Gasteiger partial charge on any atom is 0.0702 e. The Labute approximate surface area is 113 Å². The molecule has 1 N–H and O–H groups in total. The van der Waals surface area contributed by atoms with Crippen LogP contribution >= 0.6 is 0 Å². The van der Waals surface area contributed by atoms with Gasteiger partial charge in [-0.15, -0.1) is 0 Å². The molecular weight excluding hydrogens is 224 g/mol. The second-order valence-electron chi connectivity index (χ2n) is 6.65. The van der Waals surface area contributed by atoms with Crippen LogP contribution in [0.1, 0.15) is 53.4 Å². The molecule has 1 aliphatic heterocycles. The first-order valence-electron chi connectivity index (χ1n) is 7.47. The fourth-order valence-electron chi connectivity index (χ4n) is 2.59. The first kappa shape index (κ1) is 15.9. The van der Waals surface area contributed by atoms with Gasteiger partial charge in [-0.3, -0.25) is 0 Å². The van der Waals surface area contributed by atoms with Crippen LogP contribution in [0.25, 0.3) is 0 Å². The highest BCUT2D eigenvalue weighted by molar-refractivity contribution is 4.80. The Morgan fingerprint density at radius 2 is 1.94 bits per heavy atom. The molecule has 2 atom stereocenters. The molecule has 1 saturated heterocycles. The van der Waals surface area contributed by atoms with E-state index in [0.717, 1.165) is 13.2 Å². The summed E-state index contributed by atoms with van der Waals surface area (Å²) in [4.78, 5) is 2.48. The van der Waals surface area contributed by atoms with Gasteiger partial charge in [-0.2, -0.15) is 0 Å². The van der Waals surface area contributed by atoms with Crippen LogP contribution in [0.4, 0.5) is 0 Å². The van der Waals surface area contributed by atoms with Crippen molar-refractivity contribution in [3.05, 3.63) is 0 Å². The second kappa shape index (κ2) is 7.46. The minimum atomic E-state index is 0.257. The molecule has 3 heteroatoms. The highest BCUT2D eigenvalue weighted by atomic mass is 16.5. The maximum absolute atomic E-state index is 5.62. The van der Waals surface area contributed by atoms with Crippen molar-refractivity contribution in [2.24, 2.45) is 0 Å². The third kappa shape index (κ3) is 6.17. The topological polar surface area (TPSA) is 24.5 Å². The molecule has 3 nitrogen and oxygen atoms in total. The SMILES string of the molecule is CC1OCCC1N(C)CCCCCNC(C)(C)C. The molecule has 2 unspecified atom stereocenters. The van der Waals surface area contributed by atoms with Gasteiger partial charge in [0.25, 0.3) is 0 Å². The maximum atomic E-state index is 5.62. The van der Waals surface area contributed by atoms with E-state index in [4.69, 9.17) is 4.74 Å². The fourth-order valence-corrected chi connectivity index (χ4v) is 2.59. The van der Waals surface area contributed by atoms with Crippen molar-refractivity contribution in [2.45, 2.75) is 71.1 Å². The van der Waals surface area contributed by atoms with Gasteiger partial charge < -0.3 is 15.0 Å². The van der Waals surface area contributed by atoms with Crippen LogP contribution in [0.3, 0.4) is 0 Å². The molecule has 108 valence electrons. The Hall–Kier alpha value is -0.120. The summed E-state index contributed by atoms with van der Waals surface area (Å²) in [5.41, 5.74) is 0.257. The normalized spacial score (nSPS) is 25.0. The van der Waals surface area contributed by atoms with E-state index in [9.17, 15) is 0 Å². The van der Waals surface area contributed by atoms with Crippen molar-refractivity contribution in [3.63, 3.8) is 0 Å². The molecule has 1 aliphatic rings. The van der Waals surface area contributed by atoms with E-state index in [1.54, 1.807) is 0 Å². The summed E-state index contributed by atoms with van der Waals surface area (Å²) >= 11 is 0. The Bertz CT molecular complexity index is 225. The van der Waals surface area contributed by atoms with Crippen molar-refractivity contribution in [2.75, 3.05) is 26.7 Å². The van der Waals surface area contributed by atoms with E-state index in [-0.39, 0.29) is 5.54 Å². The van der Waals surface area contributed by atoms with Gasteiger partial charge >= 0.3 is 0 Å². The predicted octanol–water partition coefficient (Wildman–Crippen LogP) is 2.65. The van der Waals surface area contributed by atoms with Gasteiger partial charge in [0.1, 0.15) is 0 Å². The Morgan fingerprint density at radius 3 is 2.50 bits per heavy atom. The quantitative estimate of drug-likeness (QED) is 0.709. The van der Waals surface area contributed by atoms with Crippen LogP contribution in [-0.2, 0) is 4.74 Å². The average Bonchev–Trinajstić information content (AvgIpc) is 2.68. The Kier molecular flexibility index (Phi) is 6.61. The van der Waals surface area contributed by atoms with Crippen molar-refractivity contribution >= 4 is 0 Å². The molecule has 1 fully saturated rings. The molecule has 0 aromatic carbocycles. The summed E-state index contributed by atoms with van der Waals surface area (Å²) in [6.45, 7) is 12.1. The number of hydrogen-bond acceptors (Lipinski definition) is 3. The number of unbranched alkanes of at least 4 members (excludes halogenated alkanes) is 2. The average molecular weight is 256 g/mol. The zero-order valence-electron chi connectivity index (χ0n) is 13.0.